The number of nitrogens with zero attached hydrogens (tertiary/aromatic N) is 5. The van der Waals surface area contributed by atoms with Gasteiger partial charge in [0.05, 0.1) is 28.4 Å². The second kappa shape index (κ2) is 9.44. The second-order valence-electron chi connectivity index (χ2n) is 5.50. The van der Waals surface area contributed by atoms with E-state index in [1.54, 1.807) is 0 Å². The number of anilines is 1. The third kappa shape index (κ3) is 5.93. The molecule has 3 N–H and O–H groups in total. The first-order chi connectivity index (χ1) is 14.2. The van der Waals surface area contributed by atoms with E-state index >= 15 is 0 Å². The normalized spacial score (nSPS) is 11.4. The average molecular weight is 476 g/mol. The molecule has 0 aliphatic rings. The Morgan fingerprint density at radius 2 is 1.87 bits per heavy atom. The van der Waals surface area contributed by atoms with Gasteiger partial charge in [0.2, 0.25) is 11.8 Å². The van der Waals surface area contributed by atoms with Gasteiger partial charge in [0.25, 0.3) is 0 Å². The van der Waals surface area contributed by atoms with Crippen molar-refractivity contribution >= 4 is 52.4 Å². The standard InChI is InChI=1S/C15H12F3N7O2S3/c16-15(17,18)8-1-2-10(25-7-20-6-21-25)9(3-8)22-12(27)5-29-14-24-23-13(30-14)28-4-11(19)26/h1-3,6-7H,4-5H2,(H2,19,26)(H,22,27). The summed E-state index contributed by atoms with van der Waals surface area (Å²) in [6.45, 7) is 0. The Morgan fingerprint density at radius 1 is 1.17 bits per heavy atom. The third-order valence-corrected chi connectivity index (χ3v) is 6.53. The fourth-order valence-electron chi connectivity index (χ4n) is 2.11. The van der Waals surface area contributed by atoms with Crippen molar-refractivity contribution < 1.29 is 22.8 Å². The van der Waals surface area contributed by atoms with Crippen molar-refractivity contribution in [3.8, 4) is 5.69 Å². The largest absolute Gasteiger partial charge is 0.416 e. The van der Waals surface area contributed by atoms with Crippen molar-refractivity contribution in [2.45, 2.75) is 14.9 Å². The Hall–Kier alpha value is -2.65. The van der Waals surface area contributed by atoms with Crippen molar-refractivity contribution in [3.63, 3.8) is 0 Å². The smallest absolute Gasteiger partial charge is 0.369 e. The van der Waals surface area contributed by atoms with Gasteiger partial charge in [0.15, 0.2) is 8.68 Å². The number of thioether (sulfide) groups is 2. The maximum atomic E-state index is 13.1. The molecular weight excluding hydrogens is 463 g/mol. The summed E-state index contributed by atoms with van der Waals surface area (Å²) in [6, 6.07) is 2.93. The van der Waals surface area contributed by atoms with Crippen molar-refractivity contribution in [2.24, 2.45) is 5.73 Å². The van der Waals surface area contributed by atoms with Crippen LogP contribution in [-0.2, 0) is 15.8 Å². The number of carbonyl (C=O) groups excluding carboxylic acids is 2. The number of hydrogen-bond acceptors (Lipinski definition) is 9. The highest BCUT2D eigenvalue weighted by atomic mass is 32.2. The fourth-order valence-corrected chi connectivity index (χ4v) is 4.66. The Bertz CT molecular complexity index is 1040. The van der Waals surface area contributed by atoms with Crippen LogP contribution in [-0.4, -0.2) is 48.3 Å². The molecule has 0 bridgehead atoms. The summed E-state index contributed by atoms with van der Waals surface area (Å²) < 4.78 is 41.4. The van der Waals surface area contributed by atoms with Gasteiger partial charge < -0.3 is 11.1 Å². The van der Waals surface area contributed by atoms with E-state index in [-0.39, 0.29) is 22.9 Å². The molecule has 0 unspecified atom stereocenters. The zero-order valence-electron chi connectivity index (χ0n) is 14.8. The topological polar surface area (TPSA) is 129 Å². The number of amides is 2. The molecule has 0 saturated heterocycles. The Morgan fingerprint density at radius 3 is 2.47 bits per heavy atom. The summed E-state index contributed by atoms with van der Waals surface area (Å²) in [6.07, 6.45) is -2.04. The number of primary amides is 1. The first-order valence-corrected chi connectivity index (χ1v) is 10.7. The number of benzene rings is 1. The zero-order valence-corrected chi connectivity index (χ0v) is 17.2. The molecule has 0 atom stereocenters. The molecule has 0 spiro atoms. The lowest BCUT2D eigenvalue weighted by Crippen LogP contribution is -2.17. The second-order valence-corrected chi connectivity index (χ2v) is 8.92. The summed E-state index contributed by atoms with van der Waals surface area (Å²) in [5.74, 6) is -1.09. The SMILES string of the molecule is NC(=O)CSc1nnc(SCC(=O)Nc2cc(C(F)(F)F)ccc2-n2cncn2)s1. The van der Waals surface area contributed by atoms with Crippen LogP contribution in [0.1, 0.15) is 5.56 Å². The Kier molecular flexibility index (Phi) is 6.94. The molecule has 30 heavy (non-hydrogen) atoms. The number of hydrogen-bond donors (Lipinski definition) is 2. The molecule has 2 heterocycles. The van der Waals surface area contributed by atoms with Crippen molar-refractivity contribution in [2.75, 3.05) is 16.8 Å². The van der Waals surface area contributed by atoms with Gasteiger partial charge in [-0.1, -0.05) is 34.9 Å². The molecule has 0 aliphatic heterocycles. The van der Waals surface area contributed by atoms with Crippen LogP contribution in [0.3, 0.4) is 0 Å². The van der Waals surface area contributed by atoms with Crippen LogP contribution in [0, 0.1) is 0 Å². The molecule has 158 valence electrons. The third-order valence-electron chi connectivity index (χ3n) is 3.32. The van der Waals surface area contributed by atoms with Crippen LogP contribution >= 0.6 is 34.9 Å². The number of halogens is 3. The van der Waals surface area contributed by atoms with Crippen LogP contribution in [0.2, 0.25) is 0 Å². The van der Waals surface area contributed by atoms with Gasteiger partial charge in [0, 0.05) is 0 Å². The molecule has 9 nitrogen and oxygen atoms in total. The number of alkyl halides is 3. The predicted molar refractivity (Wildman–Crippen MR) is 106 cm³/mol. The lowest BCUT2D eigenvalue weighted by molar-refractivity contribution is -0.137. The minimum Gasteiger partial charge on any atom is -0.369 e. The van der Waals surface area contributed by atoms with E-state index in [0.29, 0.717) is 8.68 Å². The number of aromatic nitrogens is 5. The number of nitrogens with one attached hydrogen (secondary N) is 1. The van der Waals surface area contributed by atoms with E-state index in [1.807, 2.05) is 0 Å². The van der Waals surface area contributed by atoms with E-state index in [0.717, 1.165) is 35.7 Å². The average Bonchev–Trinajstić information content (AvgIpc) is 3.36. The Balaban J connectivity index is 1.69. The quantitative estimate of drug-likeness (QED) is 0.476. The van der Waals surface area contributed by atoms with E-state index in [4.69, 9.17) is 5.73 Å². The van der Waals surface area contributed by atoms with Gasteiger partial charge in [-0.15, -0.1) is 10.2 Å². The number of nitrogens with two attached hydrogens (primary N) is 1. The lowest BCUT2D eigenvalue weighted by Gasteiger charge is -2.14. The van der Waals surface area contributed by atoms with Crippen molar-refractivity contribution in [3.05, 3.63) is 36.4 Å². The zero-order chi connectivity index (χ0) is 21.7. The van der Waals surface area contributed by atoms with Crippen LogP contribution in [0.4, 0.5) is 18.9 Å². The Labute approximate surface area is 179 Å². The lowest BCUT2D eigenvalue weighted by atomic mass is 10.1. The van der Waals surface area contributed by atoms with E-state index in [2.05, 4.69) is 25.6 Å². The molecule has 2 amide bonds. The summed E-state index contributed by atoms with van der Waals surface area (Å²) in [4.78, 5) is 26.9. The molecule has 3 rings (SSSR count). The summed E-state index contributed by atoms with van der Waals surface area (Å²) in [5.41, 5.74) is 4.33. The van der Waals surface area contributed by atoms with Crippen molar-refractivity contribution in [1.82, 2.24) is 25.0 Å². The van der Waals surface area contributed by atoms with Crippen LogP contribution < -0.4 is 11.1 Å². The molecule has 3 aromatic rings. The highest BCUT2D eigenvalue weighted by Gasteiger charge is 2.31. The minimum absolute atomic E-state index is 0.0559. The van der Waals surface area contributed by atoms with Gasteiger partial charge in [-0.2, -0.15) is 18.3 Å². The molecule has 1 aromatic carbocycles. The molecular formula is C15H12F3N7O2S3. The van der Waals surface area contributed by atoms with Crippen LogP contribution in [0.15, 0.2) is 39.5 Å². The van der Waals surface area contributed by atoms with E-state index < -0.39 is 23.6 Å². The summed E-state index contributed by atoms with van der Waals surface area (Å²) >= 11 is 3.36. The minimum atomic E-state index is -4.57. The van der Waals surface area contributed by atoms with Crippen LogP contribution in [0.25, 0.3) is 5.69 Å². The van der Waals surface area contributed by atoms with E-state index in [9.17, 15) is 22.8 Å². The highest BCUT2D eigenvalue weighted by Crippen LogP contribution is 2.33. The monoisotopic (exact) mass is 475 g/mol. The van der Waals surface area contributed by atoms with Gasteiger partial charge in [-0.05, 0) is 18.2 Å². The van der Waals surface area contributed by atoms with Gasteiger partial charge in [0.1, 0.15) is 12.7 Å². The number of rotatable bonds is 8. The van der Waals surface area contributed by atoms with E-state index in [1.165, 1.54) is 34.7 Å². The summed E-state index contributed by atoms with van der Waals surface area (Å²) in [5, 5.41) is 14.1. The van der Waals surface area contributed by atoms with Gasteiger partial charge in [-0.3, -0.25) is 9.59 Å². The fraction of sp³-hybridized carbons (Fsp3) is 0.200. The van der Waals surface area contributed by atoms with Gasteiger partial charge in [-0.25, -0.2) is 9.67 Å². The van der Waals surface area contributed by atoms with Gasteiger partial charge >= 0.3 is 6.18 Å². The van der Waals surface area contributed by atoms with Crippen LogP contribution in [0.5, 0.6) is 0 Å². The maximum Gasteiger partial charge on any atom is 0.416 e. The predicted octanol–water partition coefficient (Wildman–Crippen LogP) is 2.45. The summed E-state index contributed by atoms with van der Waals surface area (Å²) in [7, 11) is 0. The molecule has 0 saturated carbocycles. The number of carbonyl (C=O) groups is 2. The first kappa shape index (κ1) is 22.0. The molecule has 0 aliphatic carbocycles. The molecule has 0 radical (unpaired) electrons. The van der Waals surface area contributed by atoms with Crippen molar-refractivity contribution in [1.29, 1.82) is 0 Å². The first-order valence-electron chi connectivity index (χ1n) is 7.96. The maximum absolute atomic E-state index is 13.1. The molecule has 15 heteroatoms. The highest BCUT2D eigenvalue weighted by molar-refractivity contribution is 8.03. The molecule has 0 fully saturated rings. The molecule has 2 aromatic heterocycles.